The number of hydrogen-bond donors (Lipinski definition) is 2. The summed E-state index contributed by atoms with van der Waals surface area (Å²) in [6, 6.07) is 8.57. The van der Waals surface area contributed by atoms with E-state index in [4.69, 9.17) is 0 Å². The fourth-order valence-corrected chi connectivity index (χ4v) is 2.89. The van der Waals surface area contributed by atoms with Gasteiger partial charge in [0.1, 0.15) is 0 Å². The molecule has 1 aromatic rings. The molecule has 1 aliphatic rings. The summed E-state index contributed by atoms with van der Waals surface area (Å²) in [6.45, 7) is 6.13. The molecule has 1 heterocycles. The largest absolute Gasteiger partial charge is 0.390 e. The van der Waals surface area contributed by atoms with E-state index in [0.29, 0.717) is 12.5 Å². The van der Waals surface area contributed by atoms with Gasteiger partial charge in [-0.15, -0.1) is 0 Å². The van der Waals surface area contributed by atoms with Crippen molar-refractivity contribution in [3.8, 4) is 0 Å². The zero-order valence-corrected chi connectivity index (χ0v) is 14.9. The van der Waals surface area contributed by atoms with E-state index in [9.17, 15) is 13.2 Å². The van der Waals surface area contributed by atoms with E-state index in [2.05, 4.69) is 51.7 Å². The van der Waals surface area contributed by atoms with Gasteiger partial charge in [0.25, 0.3) is 0 Å². The number of aliphatic imine (C=N–C) groups is 1. The Bertz CT molecular complexity index is 554. The number of alkyl halides is 3. The average Bonchev–Trinajstić information content (AvgIpc) is 2.55. The molecule has 1 aromatic carbocycles. The third-order valence-electron chi connectivity index (χ3n) is 4.17. The lowest BCUT2D eigenvalue weighted by atomic mass is 10.0. The number of piperidine rings is 1. The Morgan fingerprint density at radius 3 is 2.64 bits per heavy atom. The van der Waals surface area contributed by atoms with Crippen molar-refractivity contribution >= 4 is 11.6 Å². The molecule has 25 heavy (non-hydrogen) atoms. The van der Waals surface area contributed by atoms with Gasteiger partial charge in [0.05, 0.1) is 13.0 Å². The monoisotopic (exact) mass is 356 g/mol. The van der Waals surface area contributed by atoms with Gasteiger partial charge in [-0.3, -0.25) is 4.99 Å². The van der Waals surface area contributed by atoms with Crippen molar-refractivity contribution in [3.63, 3.8) is 0 Å². The van der Waals surface area contributed by atoms with Crippen molar-refractivity contribution in [2.45, 2.75) is 45.3 Å². The first-order chi connectivity index (χ1) is 11.9. The number of rotatable bonds is 5. The maximum absolute atomic E-state index is 12.3. The van der Waals surface area contributed by atoms with Crippen LogP contribution in [-0.2, 0) is 0 Å². The molecular weight excluding hydrogens is 329 g/mol. The summed E-state index contributed by atoms with van der Waals surface area (Å²) < 4.78 is 36.9. The van der Waals surface area contributed by atoms with Crippen LogP contribution >= 0.6 is 0 Å². The van der Waals surface area contributed by atoms with Crippen LogP contribution in [0.2, 0.25) is 0 Å². The molecule has 0 spiro atoms. The predicted octanol–water partition coefficient (Wildman–Crippen LogP) is 3.47. The van der Waals surface area contributed by atoms with Crippen molar-refractivity contribution in [1.82, 2.24) is 10.6 Å². The molecule has 1 atom stereocenters. The standard InChI is InChI=1S/C18H27F3N4/c1-3-22-17(23-11-10-18(19,20)21)24-15-5-4-12-25(13-15)16-8-6-14(2)7-9-16/h6-9,15H,3-5,10-13H2,1-2H3,(H2,22,23,24). The van der Waals surface area contributed by atoms with Gasteiger partial charge in [-0.05, 0) is 38.8 Å². The van der Waals surface area contributed by atoms with Gasteiger partial charge in [0, 0.05) is 31.4 Å². The summed E-state index contributed by atoms with van der Waals surface area (Å²) >= 11 is 0. The minimum absolute atomic E-state index is 0.165. The lowest BCUT2D eigenvalue weighted by molar-refractivity contribution is -0.132. The fraction of sp³-hybridized carbons (Fsp3) is 0.611. The molecule has 140 valence electrons. The van der Waals surface area contributed by atoms with E-state index in [1.165, 1.54) is 11.3 Å². The highest BCUT2D eigenvalue weighted by Crippen LogP contribution is 2.21. The second-order valence-electron chi connectivity index (χ2n) is 6.39. The summed E-state index contributed by atoms with van der Waals surface area (Å²) in [5.74, 6) is 0.461. The predicted molar refractivity (Wildman–Crippen MR) is 96.2 cm³/mol. The Labute approximate surface area is 147 Å². The van der Waals surface area contributed by atoms with Crippen LogP contribution in [0.4, 0.5) is 18.9 Å². The van der Waals surface area contributed by atoms with Gasteiger partial charge in [-0.25, -0.2) is 0 Å². The number of nitrogens with zero attached hydrogens (tertiary/aromatic N) is 2. The Morgan fingerprint density at radius 2 is 2.00 bits per heavy atom. The Morgan fingerprint density at radius 1 is 1.28 bits per heavy atom. The average molecular weight is 356 g/mol. The summed E-state index contributed by atoms with van der Waals surface area (Å²) in [7, 11) is 0. The van der Waals surface area contributed by atoms with Crippen LogP contribution in [0.1, 0.15) is 31.7 Å². The van der Waals surface area contributed by atoms with E-state index < -0.39 is 12.6 Å². The Balaban J connectivity index is 1.94. The summed E-state index contributed by atoms with van der Waals surface area (Å²) in [5, 5.41) is 6.32. The first-order valence-corrected chi connectivity index (χ1v) is 8.80. The molecule has 0 radical (unpaired) electrons. The molecule has 1 aliphatic heterocycles. The molecule has 7 heteroatoms. The molecule has 1 fully saturated rings. The Hall–Kier alpha value is -1.92. The lowest BCUT2D eigenvalue weighted by Crippen LogP contribution is -2.51. The van der Waals surface area contributed by atoms with E-state index in [1.54, 1.807) is 0 Å². The summed E-state index contributed by atoms with van der Waals surface area (Å²) in [4.78, 5) is 6.36. The summed E-state index contributed by atoms with van der Waals surface area (Å²) in [6.07, 6.45) is -3.06. The molecular formula is C18H27F3N4. The Kier molecular flexibility index (Phi) is 6.96. The van der Waals surface area contributed by atoms with Crippen molar-refractivity contribution in [3.05, 3.63) is 29.8 Å². The first-order valence-electron chi connectivity index (χ1n) is 8.80. The minimum Gasteiger partial charge on any atom is -0.369 e. The fourth-order valence-electron chi connectivity index (χ4n) is 2.89. The molecule has 0 bridgehead atoms. The third kappa shape index (κ3) is 6.84. The number of benzene rings is 1. The number of guanidine groups is 1. The van der Waals surface area contributed by atoms with Crippen LogP contribution in [0.15, 0.2) is 29.3 Å². The molecule has 2 rings (SSSR count). The van der Waals surface area contributed by atoms with Crippen LogP contribution < -0.4 is 15.5 Å². The van der Waals surface area contributed by atoms with Crippen LogP contribution in [0, 0.1) is 6.92 Å². The van der Waals surface area contributed by atoms with Gasteiger partial charge in [-0.1, -0.05) is 17.7 Å². The number of halogens is 3. The van der Waals surface area contributed by atoms with Crippen LogP contribution in [0.5, 0.6) is 0 Å². The lowest BCUT2D eigenvalue weighted by Gasteiger charge is -2.35. The van der Waals surface area contributed by atoms with E-state index >= 15 is 0 Å². The minimum atomic E-state index is -4.17. The van der Waals surface area contributed by atoms with Gasteiger partial charge in [-0.2, -0.15) is 13.2 Å². The third-order valence-corrected chi connectivity index (χ3v) is 4.17. The highest BCUT2D eigenvalue weighted by molar-refractivity contribution is 5.80. The number of aryl methyl sites for hydroxylation is 1. The van der Waals surface area contributed by atoms with Crippen molar-refractivity contribution in [2.24, 2.45) is 4.99 Å². The molecule has 1 saturated heterocycles. The van der Waals surface area contributed by atoms with Crippen LogP contribution in [-0.4, -0.2) is 44.4 Å². The van der Waals surface area contributed by atoms with Crippen molar-refractivity contribution in [1.29, 1.82) is 0 Å². The quantitative estimate of drug-likeness (QED) is 0.627. The van der Waals surface area contributed by atoms with Gasteiger partial charge in [0.2, 0.25) is 0 Å². The highest BCUT2D eigenvalue weighted by atomic mass is 19.4. The van der Waals surface area contributed by atoms with Gasteiger partial charge in [0.15, 0.2) is 5.96 Å². The van der Waals surface area contributed by atoms with E-state index in [1.807, 2.05) is 6.92 Å². The topological polar surface area (TPSA) is 39.7 Å². The molecule has 0 amide bonds. The SMILES string of the molecule is CCNC(=NCCC(F)(F)F)NC1CCCN(c2ccc(C)cc2)C1. The number of nitrogens with one attached hydrogen (secondary N) is 2. The van der Waals surface area contributed by atoms with Crippen LogP contribution in [0.25, 0.3) is 0 Å². The van der Waals surface area contributed by atoms with E-state index in [0.717, 1.165) is 25.9 Å². The van der Waals surface area contributed by atoms with Gasteiger partial charge >= 0.3 is 6.18 Å². The molecule has 1 unspecified atom stereocenters. The molecule has 4 nitrogen and oxygen atoms in total. The summed E-state index contributed by atoms with van der Waals surface area (Å²) in [5.41, 5.74) is 2.40. The normalized spacial score (nSPS) is 19.0. The van der Waals surface area contributed by atoms with Crippen molar-refractivity contribution < 1.29 is 13.2 Å². The molecule has 0 aliphatic carbocycles. The molecule has 0 saturated carbocycles. The maximum atomic E-state index is 12.3. The zero-order valence-electron chi connectivity index (χ0n) is 14.9. The van der Waals surface area contributed by atoms with Gasteiger partial charge < -0.3 is 15.5 Å². The van der Waals surface area contributed by atoms with Crippen LogP contribution in [0.3, 0.4) is 0 Å². The second kappa shape index (κ2) is 8.97. The number of hydrogen-bond acceptors (Lipinski definition) is 2. The smallest absolute Gasteiger partial charge is 0.369 e. The molecule has 2 N–H and O–H groups in total. The zero-order chi connectivity index (χ0) is 18.3. The number of anilines is 1. The van der Waals surface area contributed by atoms with Crippen molar-refractivity contribution in [2.75, 3.05) is 31.1 Å². The highest BCUT2D eigenvalue weighted by Gasteiger charge is 2.26. The van der Waals surface area contributed by atoms with E-state index in [-0.39, 0.29) is 12.6 Å². The second-order valence-corrected chi connectivity index (χ2v) is 6.39. The maximum Gasteiger partial charge on any atom is 0.390 e. The first kappa shape index (κ1) is 19.4. The molecule has 0 aromatic heterocycles.